The lowest BCUT2D eigenvalue weighted by atomic mass is 10.0. The Kier molecular flexibility index (Phi) is 5.53. The summed E-state index contributed by atoms with van der Waals surface area (Å²) in [7, 11) is 0. The summed E-state index contributed by atoms with van der Waals surface area (Å²) < 4.78 is 2.28. The van der Waals surface area contributed by atoms with Crippen LogP contribution in [0.15, 0.2) is 12.5 Å². The molecule has 0 fully saturated rings. The summed E-state index contributed by atoms with van der Waals surface area (Å²) in [5.41, 5.74) is 7.19. The number of unbranched alkanes of at least 4 members (excludes halogenated alkanes) is 1. The molecule has 1 aromatic rings. The van der Waals surface area contributed by atoms with Crippen LogP contribution in [0.1, 0.15) is 64.1 Å². The molecular weight excluding hydrogens is 198 g/mol. The Morgan fingerprint density at radius 1 is 1.44 bits per heavy atom. The van der Waals surface area contributed by atoms with E-state index in [0.717, 1.165) is 12.8 Å². The van der Waals surface area contributed by atoms with Crippen LogP contribution >= 0.6 is 0 Å². The maximum atomic E-state index is 5.87. The summed E-state index contributed by atoms with van der Waals surface area (Å²) in [6, 6.07) is 0.423. The summed E-state index contributed by atoms with van der Waals surface area (Å²) >= 11 is 0. The van der Waals surface area contributed by atoms with Gasteiger partial charge in [-0.3, -0.25) is 0 Å². The highest BCUT2D eigenvalue weighted by Crippen LogP contribution is 2.23. The quantitative estimate of drug-likeness (QED) is 0.772. The summed E-state index contributed by atoms with van der Waals surface area (Å²) in [5.74, 6) is 0.568. The van der Waals surface area contributed by atoms with Crippen molar-refractivity contribution in [2.45, 2.75) is 58.4 Å². The van der Waals surface area contributed by atoms with Crippen LogP contribution in [0.2, 0.25) is 0 Å². The van der Waals surface area contributed by atoms with Crippen molar-refractivity contribution >= 4 is 0 Å². The van der Waals surface area contributed by atoms with Crippen LogP contribution in [0.5, 0.6) is 0 Å². The van der Waals surface area contributed by atoms with Crippen molar-refractivity contribution < 1.29 is 0 Å². The predicted octanol–water partition coefficient (Wildman–Crippen LogP) is 3.09. The summed E-state index contributed by atoms with van der Waals surface area (Å²) in [5, 5.41) is 0. The lowest BCUT2D eigenvalue weighted by Crippen LogP contribution is -2.21. The Balaban J connectivity index is 2.79. The number of hydrogen-bond donors (Lipinski definition) is 1. The molecular formula is C13H25N3. The molecule has 0 aromatic carbocycles. The number of imidazole rings is 1. The second-order valence-corrected chi connectivity index (χ2v) is 4.57. The lowest BCUT2D eigenvalue weighted by Gasteiger charge is -2.21. The average Bonchev–Trinajstić information content (AvgIpc) is 2.78. The Hall–Kier alpha value is -0.830. The van der Waals surface area contributed by atoms with E-state index in [1.54, 1.807) is 0 Å². The monoisotopic (exact) mass is 223 g/mol. The second-order valence-electron chi connectivity index (χ2n) is 4.57. The molecule has 2 unspecified atom stereocenters. The minimum atomic E-state index is 0.423. The van der Waals surface area contributed by atoms with Crippen LogP contribution < -0.4 is 5.73 Å². The number of rotatable bonds is 7. The first-order chi connectivity index (χ1) is 7.74. The first-order valence-corrected chi connectivity index (χ1v) is 6.46. The van der Waals surface area contributed by atoms with Crippen LogP contribution in [0.4, 0.5) is 0 Å². The third-order valence-corrected chi connectivity index (χ3v) is 3.37. The summed E-state index contributed by atoms with van der Waals surface area (Å²) in [6.45, 7) is 7.39. The topological polar surface area (TPSA) is 43.8 Å². The zero-order chi connectivity index (χ0) is 12.0. The zero-order valence-electron chi connectivity index (χ0n) is 10.8. The smallest absolute Gasteiger partial charge is 0.0951 e. The fourth-order valence-corrected chi connectivity index (χ4v) is 2.02. The number of hydrogen-bond acceptors (Lipinski definition) is 2. The highest BCUT2D eigenvalue weighted by molar-refractivity contribution is 5.06. The van der Waals surface area contributed by atoms with Crippen molar-refractivity contribution in [1.29, 1.82) is 0 Å². The van der Waals surface area contributed by atoms with Crippen LogP contribution in [0.25, 0.3) is 0 Å². The Morgan fingerprint density at radius 2 is 2.19 bits per heavy atom. The van der Waals surface area contributed by atoms with Gasteiger partial charge in [-0.2, -0.15) is 0 Å². The van der Waals surface area contributed by atoms with Gasteiger partial charge >= 0.3 is 0 Å². The average molecular weight is 223 g/mol. The van der Waals surface area contributed by atoms with Crippen molar-refractivity contribution in [3.8, 4) is 0 Å². The van der Waals surface area contributed by atoms with Crippen LogP contribution in [0, 0.1) is 0 Å². The van der Waals surface area contributed by atoms with Gasteiger partial charge in [0.05, 0.1) is 6.33 Å². The van der Waals surface area contributed by atoms with E-state index in [9.17, 15) is 0 Å². The molecule has 0 radical (unpaired) electrons. The summed E-state index contributed by atoms with van der Waals surface area (Å²) in [4.78, 5) is 4.28. The van der Waals surface area contributed by atoms with E-state index in [4.69, 9.17) is 5.73 Å². The number of aromatic nitrogens is 2. The van der Waals surface area contributed by atoms with Gasteiger partial charge in [-0.15, -0.1) is 0 Å². The van der Waals surface area contributed by atoms with E-state index in [1.807, 2.05) is 12.5 Å². The molecule has 0 aliphatic carbocycles. The van der Waals surface area contributed by atoms with E-state index in [-0.39, 0.29) is 0 Å². The molecule has 1 aromatic heterocycles. The normalized spacial score (nSPS) is 15.0. The van der Waals surface area contributed by atoms with Gasteiger partial charge in [0.1, 0.15) is 0 Å². The fourth-order valence-electron chi connectivity index (χ4n) is 2.02. The van der Waals surface area contributed by atoms with E-state index >= 15 is 0 Å². The predicted molar refractivity (Wildman–Crippen MR) is 68.5 cm³/mol. The standard InChI is InChI=1S/C13H25N3/c1-4-6-7-12(8-14)16-10-15-9-13(16)11(3)5-2/h9-12H,4-8,14H2,1-3H3. The van der Waals surface area contributed by atoms with Crippen LogP contribution in [-0.2, 0) is 0 Å². The van der Waals surface area contributed by atoms with Crippen molar-refractivity contribution in [3.63, 3.8) is 0 Å². The molecule has 0 amide bonds. The minimum Gasteiger partial charge on any atom is -0.330 e. The van der Waals surface area contributed by atoms with Crippen molar-refractivity contribution in [3.05, 3.63) is 18.2 Å². The number of nitrogens with two attached hydrogens (primary N) is 1. The largest absolute Gasteiger partial charge is 0.330 e. The molecule has 0 saturated carbocycles. The van der Waals surface area contributed by atoms with E-state index in [0.29, 0.717) is 18.5 Å². The first kappa shape index (κ1) is 13.2. The maximum Gasteiger partial charge on any atom is 0.0951 e. The fraction of sp³-hybridized carbons (Fsp3) is 0.769. The molecule has 0 saturated heterocycles. The van der Waals surface area contributed by atoms with Crippen molar-refractivity contribution in [2.24, 2.45) is 5.73 Å². The second kappa shape index (κ2) is 6.69. The molecule has 1 heterocycles. The van der Waals surface area contributed by atoms with E-state index in [2.05, 4.69) is 30.3 Å². The molecule has 0 aliphatic rings. The van der Waals surface area contributed by atoms with Crippen molar-refractivity contribution in [2.75, 3.05) is 6.54 Å². The van der Waals surface area contributed by atoms with Gasteiger partial charge in [0.15, 0.2) is 0 Å². The molecule has 0 bridgehead atoms. The maximum absolute atomic E-state index is 5.87. The van der Waals surface area contributed by atoms with Crippen molar-refractivity contribution in [1.82, 2.24) is 9.55 Å². The Labute approximate surface area is 99.1 Å². The van der Waals surface area contributed by atoms with Gasteiger partial charge in [0.2, 0.25) is 0 Å². The summed E-state index contributed by atoms with van der Waals surface area (Å²) in [6.07, 6.45) is 8.70. The highest BCUT2D eigenvalue weighted by Gasteiger charge is 2.15. The Morgan fingerprint density at radius 3 is 2.75 bits per heavy atom. The minimum absolute atomic E-state index is 0.423. The molecule has 16 heavy (non-hydrogen) atoms. The zero-order valence-corrected chi connectivity index (χ0v) is 10.8. The van der Waals surface area contributed by atoms with Crippen LogP contribution in [-0.4, -0.2) is 16.1 Å². The molecule has 0 aliphatic heterocycles. The molecule has 92 valence electrons. The molecule has 2 atom stereocenters. The third-order valence-electron chi connectivity index (χ3n) is 3.37. The molecule has 1 rings (SSSR count). The van der Waals surface area contributed by atoms with E-state index in [1.165, 1.54) is 18.5 Å². The van der Waals surface area contributed by atoms with E-state index < -0.39 is 0 Å². The van der Waals surface area contributed by atoms with Gasteiger partial charge in [-0.1, -0.05) is 33.6 Å². The van der Waals surface area contributed by atoms with Gasteiger partial charge < -0.3 is 10.3 Å². The Bertz CT molecular complexity index is 293. The lowest BCUT2D eigenvalue weighted by molar-refractivity contribution is 0.436. The molecule has 3 heteroatoms. The van der Waals surface area contributed by atoms with Gasteiger partial charge in [0.25, 0.3) is 0 Å². The van der Waals surface area contributed by atoms with Gasteiger partial charge in [0, 0.05) is 24.5 Å². The van der Waals surface area contributed by atoms with Crippen LogP contribution in [0.3, 0.4) is 0 Å². The molecule has 3 nitrogen and oxygen atoms in total. The molecule has 2 N–H and O–H groups in total. The third kappa shape index (κ3) is 3.08. The molecule has 0 spiro atoms. The highest BCUT2D eigenvalue weighted by atomic mass is 15.1. The number of nitrogens with zero attached hydrogens (tertiary/aromatic N) is 2. The first-order valence-electron chi connectivity index (χ1n) is 6.46. The van der Waals surface area contributed by atoms with Gasteiger partial charge in [-0.25, -0.2) is 4.98 Å². The SMILES string of the molecule is CCCCC(CN)n1cncc1C(C)CC. The van der Waals surface area contributed by atoms with Gasteiger partial charge in [-0.05, 0) is 18.8 Å².